The number of carbonyl (C=O) groups excluding carboxylic acids is 1. The molecule has 0 spiro atoms. The van der Waals surface area contributed by atoms with Gasteiger partial charge in [-0.15, -0.1) is 11.8 Å². The Morgan fingerprint density at radius 3 is 2.68 bits per heavy atom. The second kappa shape index (κ2) is 6.78. The van der Waals surface area contributed by atoms with Gasteiger partial charge in [0, 0.05) is 15.1 Å². The molecular formula is C15H14BrNOS. The third-order valence-corrected chi connectivity index (χ3v) is 4.09. The number of hydrogen-bond donors (Lipinski definition) is 1. The van der Waals surface area contributed by atoms with Crippen molar-refractivity contribution in [3.8, 4) is 0 Å². The average molecular weight is 336 g/mol. The Balaban J connectivity index is 1.93. The molecule has 2 rings (SSSR count). The molecule has 2 aromatic rings. The highest BCUT2D eigenvalue weighted by molar-refractivity contribution is 9.10. The van der Waals surface area contributed by atoms with Crippen molar-refractivity contribution in [3.05, 3.63) is 58.6 Å². The maximum Gasteiger partial charge on any atom is 0.234 e. The molecule has 0 saturated heterocycles. The molecule has 0 heterocycles. The number of hydrogen-bond acceptors (Lipinski definition) is 2. The molecule has 0 atom stereocenters. The molecule has 0 aromatic heterocycles. The van der Waals surface area contributed by atoms with Crippen molar-refractivity contribution in [2.24, 2.45) is 0 Å². The van der Waals surface area contributed by atoms with Crippen LogP contribution in [0.15, 0.2) is 57.9 Å². The number of aryl methyl sites for hydroxylation is 1. The number of thioether (sulfide) groups is 1. The second-order valence-corrected chi connectivity index (χ2v) is 6.07. The Kier molecular flexibility index (Phi) is 5.05. The highest BCUT2D eigenvalue weighted by Crippen LogP contribution is 2.22. The molecule has 0 bridgehead atoms. The molecule has 2 nitrogen and oxygen atoms in total. The smallest absolute Gasteiger partial charge is 0.234 e. The van der Waals surface area contributed by atoms with Crippen molar-refractivity contribution in [1.82, 2.24) is 0 Å². The molecule has 0 aliphatic rings. The largest absolute Gasteiger partial charge is 0.325 e. The SMILES string of the molecule is Cc1ccc(Br)cc1NC(=O)CSc1ccccc1. The van der Waals surface area contributed by atoms with Crippen LogP contribution < -0.4 is 5.32 Å². The lowest BCUT2D eigenvalue weighted by molar-refractivity contribution is -0.113. The third kappa shape index (κ3) is 4.40. The maximum absolute atomic E-state index is 11.9. The van der Waals surface area contributed by atoms with Crippen LogP contribution in [0.25, 0.3) is 0 Å². The van der Waals surface area contributed by atoms with Gasteiger partial charge in [0.15, 0.2) is 0 Å². The van der Waals surface area contributed by atoms with Gasteiger partial charge in [0.2, 0.25) is 5.91 Å². The summed E-state index contributed by atoms with van der Waals surface area (Å²) < 4.78 is 0.962. The summed E-state index contributed by atoms with van der Waals surface area (Å²) in [6.07, 6.45) is 0. The van der Waals surface area contributed by atoms with Gasteiger partial charge in [0.05, 0.1) is 5.75 Å². The summed E-state index contributed by atoms with van der Waals surface area (Å²) in [6, 6.07) is 15.8. The predicted molar refractivity (Wildman–Crippen MR) is 84.7 cm³/mol. The van der Waals surface area contributed by atoms with E-state index in [1.54, 1.807) is 0 Å². The molecule has 0 aliphatic carbocycles. The minimum Gasteiger partial charge on any atom is -0.325 e. The number of amides is 1. The molecule has 1 amide bonds. The van der Waals surface area contributed by atoms with E-state index >= 15 is 0 Å². The lowest BCUT2D eigenvalue weighted by Crippen LogP contribution is -2.14. The van der Waals surface area contributed by atoms with Crippen LogP contribution in [0.4, 0.5) is 5.69 Å². The minimum atomic E-state index is 0.00931. The van der Waals surface area contributed by atoms with E-state index in [2.05, 4.69) is 21.2 Å². The molecular weight excluding hydrogens is 322 g/mol. The van der Waals surface area contributed by atoms with Crippen molar-refractivity contribution in [2.45, 2.75) is 11.8 Å². The molecule has 0 fully saturated rings. The zero-order chi connectivity index (χ0) is 13.7. The van der Waals surface area contributed by atoms with Crippen LogP contribution in [0.1, 0.15) is 5.56 Å². The van der Waals surface area contributed by atoms with Crippen molar-refractivity contribution in [3.63, 3.8) is 0 Å². The minimum absolute atomic E-state index is 0.00931. The van der Waals surface area contributed by atoms with E-state index in [4.69, 9.17) is 0 Å². The maximum atomic E-state index is 11.9. The average Bonchev–Trinajstić information content (AvgIpc) is 2.42. The van der Waals surface area contributed by atoms with Crippen LogP contribution in [-0.4, -0.2) is 11.7 Å². The quantitative estimate of drug-likeness (QED) is 0.834. The first-order valence-electron chi connectivity index (χ1n) is 5.89. The molecule has 0 unspecified atom stereocenters. The van der Waals surface area contributed by atoms with Crippen molar-refractivity contribution >= 4 is 39.3 Å². The van der Waals surface area contributed by atoms with Gasteiger partial charge in [-0.05, 0) is 36.8 Å². The Hall–Kier alpha value is -1.26. The number of benzene rings is 2. The van der Waals surface area contributed by atoms with Gasteiger partial charge in [0.25, 0.3) is 0 Å². The first-order chi connectivity index (χ1) is 9.15. The number of anilines is 1. The second-order valence-electron chi connectivity index (χ2n) is 4.11. The number of halogens is 1. The molecule has 98 valence electrons. The van der Waals surface area contributed by atoms with Gasteiger partial charge >= 0.3 is 0 Å². The fraction of sp³-hybridized carbons (Fsp3) is 0.133. The topological polar surface area (TPSA) is 29.1 Å². The molecule has 0 aliphatic heterocycles. The molecule has 2 aromatic carbocycles. The number of rotatable bonds is 4. The van der Waals surface area contributed by atoms with Crippen LogP contribution >= 0.6 is 27.7 Å². The van der Waals surface area contributed by atoms with Gasteiger partial charge in [-0.1, -0.05) is 40.2 Å². The summed E-state index contributed by atoms with van der Waals surface area (Å²) >= 11 is 4.94. The van der Waals surface area contributed by atoms with Gasteiger partial charge in [0.1, 0.15) is 0 Å². The van der Waals surface area contributed by atoms with Crippen molar-refractivity contribution in [1.29, 1.82) is 0 Å². The Morgan fingerprint density at radius 2 is 1.95 bits per heavy atom. The summed E-state index contributed by atoms with van der Waals surface area (Å²) in [4.78, 5) is 13.0. The molecule has 1 N–H and O–H groups in total. The Labute approximate surface area is 125 Å². The monoisotopic (exact) mass is 335 g/mol. The summed E-state index contributed by atoms with van der Waals surface area (Å²) in [7, 11) is 0. The molecule has 4 heteroatoms. The summed E-state index contributed by atoms with van der Waals surface area (Å²) in [5.74, 6) is 0.422. The molecule has 0 saturated carbocycles. The normalized spacial score (nSPS) is 10.2. The lowest BCUT2D eigenvalue weighted by atomic mass is 10.2. The van der Waals surface area contributed by atoms with Gasteiger partial charge in [-0.2, -0.15) is 0 Å². The van der Waals surface area contributed by atoms with E-state index in [1.165, 1.54) is 11.8 Å². The van der Waals surface area contributed by atoms with Gasteiger partial charge in [-0.25, -0.2) is 0 Å². The zero-order valence-corrected chi connectivity index (χ0v) is 12.9. The predicted octanol–water partition coefficient (Wildman–Crippen LogP) is 4.49. The number of carbonyl (C=O) groups is 1. The van der Waals surface area contributed by atoms with E-state index in [0.29, 0.717) is 5.75 Å². The summed E-state index contributed by atoms with van der Waals surface area (Å²) in [5, 5.41) is 2.93. The standard InChI is InChI=1S/C15H14BrNOS/c1-11-7-8-12(16)9-14(11)17-15(18)10-19-13-5-3-2-4-6-13/h2-9H,10H2,1H3,(H,17,18). The van der Waals surface area contributed by atoms with Crippen LogP contribution in [0.3, 0.4) is 0 Å². The fourth-order valence-corrected chi connectivity index (χ4v) is 2.66. The van der Waals surface area contributed by atoms with Gasteiger partial charge in [-0.3, -0.25) is 4.79 Å². The van der Waals surface area contributed by atoms with E-state index in [9.17, 15) is 4.79 Å². The summed E-state index contributed by atoms with van der Waals surface area (Å²) in [6.45, 7) is 1.98. The first-order valence-corrected chi connectivity index (χ1v) is 7.67. The molecule has 0 radical (unpaired) electrons. The van der Waals surface area contributed by atoms with Crippen LogP contribution in [-0.2, 0) is 4.79 Å². The van der Waals surface area contributed by atoms with Crippen LogP contribution in [0, 0.1) is 6.92 Å². The van der Waals surface area contributed by atoms with E-state index in [0.717, 1.165) is 20.6 Å². The first kappa shape index (κ1) is 14.2. The fourth-order valence-electron chi connectivity index (χ4n) is 1.58. The number of nitrogens with one attached hydrogen (secondary N) is 1. The van der Waals surface area contributed by atoms with Crippen molar-refractivity contribution < 1.29 is 4.79 Å². The lowest BCUT2D eigenvalue weighted by Gasteiger charge is -2.08. The van der Waals surface area contributed by atoms with Gasteiger partial charge < -0.3 is 5.32 Å². The summed E-state index contributed by atoms with van der Waals surface area (Å²) in [5.41, 5.74) is 1.91. The Bertz CT molecular complexity index is 572. The Morgan fingerprint density at radius 1 is 1.21 bits per heavy atom. The van der Waals surface area contributed by atoms with E-state index in [1.807, 2.05) is 55.5 Å². The third-order valence-electron chi connectivity index (χ3n) is 2.59. The van der Waals surface area contributed by atoms with E-state index in [-0.39, 0.29) is 5.91 Å². The van der Waals surface area contributed by atoms with Crippen molar-refractivity contribution in [2.75, 3.05) is 11.1 Å². The van der Waals surface area contributed by atoms with Crippen LogP contribution in [0.5, 0.6) is 0 Å². The van der Waals surface area contributed by atoms with E-state index < -0.39 is 0 Å². The molecule has 19 heavy (non-hydrogen) atoms. The highest BCUT2D eigenvalue weighted by Gasteiger charge is 2.06. The zero-order valence-electron chi connectivity index (χ0n) is 10.5. The highest BCUT2D eigenvalue weighted by atomic mass is 79.9. The van der Waals surface area contributed by atoms with Crippen LogP contribution in [0.2, 0.25) is 0 Å².